The molecule has 1 aliphatic rings. The molecule has 0 saturated carbocycles. The summed E-state index contributed by atoms with van der Waals surface area (Å²) in [5.74, 6) is 0.628. The fraction of sp³-hybridized carbons (Fsp3) is 0.450. The van der Waals surface area contributed by atoms with Crippen LogP contribution in [-0.4, -0.2) is 45.9 Å². The highest BCUT2D eigenvalue weighted by Gasteiger charge is 2.31. The summed E-state index contributed by atoms with van der Waals surface area (Å²) in [6.07, 6.45) is 1.66. The number of nitrogens with one attached hydrogen (secondary N) is 1. The van der Waals surface area contributed by atoms with Gasteiger partial charge in [-0.25, -0.2) is 8.42 Å². The first-order chi connectivity index (χ1) is 13.8. The lowest BCUT2D eigenvalue weighted by Gasteiger charge is -2.18. The highest BCUT2D eigenvalue weighted by atomic mass is 32.2. The van der Waals surface area contributed by atoms with Gasteiger partial charge in [0.1, 0.15) is 0 Å². The van der Waals surface area contributed by atoms with Crippen LogP contribution in [0.1, 0.15) is 47.5 Å². The molecule has 1 amide bonds. The summed E-state index contributed by atoms with van der Waals surface area (Å²) in [5, 5.41) is 2.63. The Morgan fingerprint density at radius 2 is 1.76 bits per heavy atom. The third-order valence-corrected chi connectivity index (χ3v) is 6.82. The normalized spacial score (nSPS) is 15.9. The molecular formula is C20H26N2O6S. The van der Waals surface area contributed by atoms with Crippen molar-refractivity contribution in [2.24, 2.45) is 0 Å². The van der Waals surface area contributed by atoms with Crippen LogP contribution in [0.25, 0.3) is 0 Å². The minimum atomic E-state index is -3.70. The van der Waals surface area contributed by atoms with E-state index in [2.05, 4.69) is 5.32 Å². The van der Waals surface area contributed by atoms with Gasteiger partial charge in [0.25, 0.3) is 15.9 Å². The second-order valence-corrected chi connectivity index (χ2v) is 8.86. The Kier molecular flexibility index (Phi) is 6.18. The van der Waals surface area contributed by atoms with E-state index >= 15 is 0 Å². The maximum Gasteiger partial charge on any atom is 0.287 e. The average Bonchev–Trinajstić information content (AvgIpc) is 3.39. The van der Waals surface area contributed by atoms with E-state index in [9.17, 15) is 13.2 Å². The number of furan rings is 1. The smallest absolute Gasteiger partial charge is 0.287 e. The second kappa shape index (κ2) is 8.46. The zero-order valence-electron chi connectivity index (χ0n) is 17.0. The highest BCUT2D eigenvalue weighted by Crippen LogP contribution is 2.33. The molecular weight excluding hydrogens is 396 g/mol. The van der Waals surface area contributed by atoms with Crippen molar-refractivity contribution in [3.05, 3.63) is 41.2 Å². The van der Waals surface area contributed by atoms with Crippen LogP contribution in [0, 0.1) is 6.92 Å². The van der Waals surface area contributed by atoms with E-state index in [-0.39, 0.29) is 16.9 Å². The minimum Gasteiger partial charge on any atom is -0.493 e. The van der Waals surface area contributed by atoms with E-state index < -0.39 is 15.9 Å². The van der Waals surface area contributed by atoms with Crippen molar-refractivity contribution >= 4 is 15.9 Å². The van der Waals surface area contributed by atoms with Crippen molar-refractivity contribution in [3.8, 4) is 11.5 Å². The number of rotatable bonds is 7. The molecule has 9 heteroatoms. The van der Waals surface area contributed by atoms with Crippen LogP contribution >= 0.6 is 0 Å². The Bertz CT molecular complexity index is 992. The van der Waals surface area contributed by atoms with Crippen molar-refractivity contribution in [2.75, 3.05) is 27.3 Å². The average molecular weight is 423 g/mol. The first-order valence-corrected chi connectivity index (χ1v) is 10.8. The summed E-state index contributed by atoms with van der Waals surface area (Å²) in [5.41, 5.74) is 1.78. The number of sulfonamides is 1. The predicted molar refractivity (Wildman–Crippen MR) is 107 cm³/mol. The number of amides is 1. The van der Waals surface area contributed by atoms with Crippen LogP contribution in [0.2, 0.25) is 0 Å². The Labute approximate surface area is 170 Å². The molecule has 1 atom stereocenters. The molecule has 0 aliphatic carbocycles. The number of ether oxygens (including phenoxy) is 2. The molecule has 2 heterocycles. The van der Waals surface area contributed by atoms with Gasteiger partial charge >= 0.3 is 0 Å². The molecule has 0 spiro atoms. The first kappa shape index (κ1) is 21.2. The van der Waals surface area contributed by atoms with Gasteiger partial charge in [-0.2, -0.15) is 4.31 Å². The zero-order valence-corrected chi connectivity index (χ0v) is 17.8. The fourth-order valence-electron chi connectivity index (χ4n) is 3.44. The van der Waals surface area contributed by atoms with Crippen molar-refractivity contribution < 1.29 is 27.1 Å². The van der Waals surface area contributed by atoms with E-state index in [1.54, 1.807) is 14.2 Å². The monoisotopic (exact) mass is 422 g/mol. The van der Waals surface area contributed by atoms with Crippen LogP contribution in [-0.2, 0) is 10.0 Å². The summed E-state index contributed by atoms with van der Waals surface area (Å²) in [4.78, 5) is 12.6. The molecule has 8 nitrogen and oxygen atoms in total. The van der Waals surface area contributed by atoms with Gasteiger partial charge in [-0.05, 0) is 62.1 Å². The summed E-state index contributed by atoms with van der Waals surface area (Å²) in [6.45, 7) is 4.69. The van der Waals surface area contributed by atoms with Crippen molar-refractivity contribution in [3.63, 3.8) is 0 Å². The SMILES string of the molecule is COc1cc(C)c(C(C)NC(=O)c2ccc(S(=O)(=O)N3CCCC3)o2)cc1OC. The largest absolute Gasteiger partial charge is 0.493 e. The number of methoxy groups -OCH3 is 2. The van der Waals surface area contributed by atoms with Gasteiger partial charge in [0.05, 0.1) is 20.3 Å². The number of carbonyl (C=O) groups excluding carboxylic acids is 1. The lowest BCUT2D eigenvalue weighted by atomic mass is 10.0. The molecule has 0 radical (unpaired) electrons. The number of benzene rings is 1. The van der Waals surface area contributed by atoms with Gasteiger partial charge in [0, 0.05) is 13.1 Å². The van der Waals surface area contributed by atoms with Gasteiger partial charge in [-0.3, -0.25) is 4.79 Å². The van der Waals surface area contributed by atoms with Crippen molar-refractivity contribution in [1.82, 2.24) is 9.62 Å². The van der Waals surface area contributed by atoms with E-state index in [1.165, 1.54) is 16.4 Å². The summed E-state index contributed by atoms with van der Waals surface area (Å²) in [6, 6.07) is 6.00. The number of aryl methyl sites for hydroxylation is 1. The zero-order chi connectivity index (χ0) is 21.2. The lowest BCUT2D eigenvalue weighted by Crippen LogP contribution is -2.28. The predicted octanol–water partition coefficient (Wildman–Crippen LogP) is 2.88. The number of hydrogen-bond acceptors (Lipinski definition) is 6. The molecule has 1 aliphatic heterocycles. The molecule has 1 unspecified atom stereocenters. The fourth-order valence-corrected chi connectivity index (χ4v) is 4.87. The third kappa shape index (κ3) is 4.25. The van der Waals surface area contributed by atoms with Crippen LogP contribution in [0.15, 0.2) is 33.8 Å². The molecule has 0 bridgehead atoms. The van der Waals surface area contributed by atoms with Gasteiger partial charge in [-0.15, -0.1) is 0 Å². The van der Waals surface area contributed by atoms with Gasteiger partial charge in [0.2, 0.25) is 5.09 Å². The summed E-state index contributed by atoms with van der Waals surface area (Å²) >= 11 is 0. The van der Waals surface area contributed by atoms with Crippen molar-refractivity contribution in [1.29, 1.82) is 0 Å². The van der Waals surface area contributed by atoms with Gasteiger partial charge < -0.3 is 19.2 Å². The molecule has 1 N–H and O–H groups in total. The third-order valence-electron chi connectivity index (χ3n) is 5.05. The Balaban J connectivity index is 1.76. The van der Waals surface area contributed by atoms with Gasteiger partial charge in [-0.1, -0.05) is 0 Å². The quantitative estimate of drug-likeness (QED) is 0.737. The molecule has 158 valence electrons. The van der Waals surface area contributed by atoms with E-state index in [4.69, 9.17) is 13.9 Å². The summed E-state index contributed by atoms with van der Waals surface area (Å²) < 4.78 is 42.5. The topological polar surface area (TPSA) is 98.1 Å². The second-order valence-electron chi connectivity index (χ2n) is 6.99. The van der Waals surface area contributed by atoms with E-state index in [1.807, 2.05) is 26.0 Å². The molecule has 1 fully saturated rings. The molecule has 2 aromatic rings. The Morgan fingerprint density at radius 3 is 2.38 bits per heavy atom. The van der Waals surface area contributed by atoms with Crippen LogP contribution in [0.3, 0.4) is 0 Å². The number of nitrogens with zero attached hydrogens (tertiary/aromatic N) is 1. The van der Waals surface area contributed by atoms with Crippen LogP contribution < -0.4 is 14.8 Å². The van der Waals surface area contributed by atoms with E-state index in [0.717, 1.165) is 24.0 Å². The molecule has 29 heavy (non-hydrogen) atoms. The van der Waals surface area contributed by atoms with Gasteiger partial charge in [0.15, 0.2) is 17.3 Å². The molecule has 1 aromatic heterocycles. The van der Waals surface area contributed by atoms with Crippen molar-refractivity contribution in [2.45, 2.75) is 37.8 Å². The van der Waals surface area contributed by atoms with Crippen LogP contribution in [0.4, 0.5) is 0 Å². The maximum atomic E-state index is 12.6. The maximum absolute atomic E-state index is 12.6. The highest BCUT2D eigenvalue weighted by molar-refractivity contribution is 7.89. The van der Waals surface area contributed by atoms with Crippen LogP contribution in [0.5, 0.6) is 11.5 Å². The van der Waals surface area contributed by atoms with E-state index in [0.29, 0.717) is 24.6 Å². The molecule has 1 saturated heterocycles. The molecule has 3 rings (SSSR count). The Hall–Kier alpha value is -2.52. The molecule has 1 aromatic carbocycles. The Morgan fingerprint density at radius 1 is 1.14 bits per heavy atom. The first-order valence-electron chi connectivity index (χ1n) is 9.41. The standard InChI is InChI=1S/C20H26N2O6S/c1-13-11-17(26-3)18(27-4)12-15(13)14(2)21-20(23)16-7-8-19(28-16)29(24,25)22-9-5-6-10-22/h7-8,11-12,14H,5-6,9-10H2,1-4H3,(H,21,23). The number of carbonyl (C=O) groups is 1. The number of hydrogen-bond donors (Lipinski definition) is 1. The summed E-state index contributed by atoms with van der Waals surface area (Å²) in [7, 11) is -0.590. The lowest BCUT2D eigenvalue weighted by molar-refractivity contribution is 0.0906. The minimum absolute atomic E-state index is 0.0484.